The smallest absolute Gasteiger partial charge is 0.342 e. The van der Waals surface area contributed by atoms with Gasteiger partial charge in [-0.3, -0.25) is 9.78 Å². The van der Waals surface area contributed by atoms with E-state index in [2.05, 4.69) is 4.98 Å². The molecule has 1 aliphatic heterocycles. The van der Waals surface area contributed by atoms with Crippen LogP contribution in [0.4, 0.5) is 5.69 Å². The lowest BCUT2D eigenvalue weighted by molar-refractivity contribution is -0.122. The van der Waals surface area contributed by atoms with Crippen molar-refractivity contribution in [3.05, 3.63) is 78.1 Å². The van der Waals surface area contributed by atoms with Crippen molar-refractivity contribution < 1.29 is 27.5 Å². The first-order valence-electron chi connectivity index (χ1n) is 10.1. The monoisotopic (exact) mass is 467 g/mol. The largest absolute Gasteiger partial charge is 0.455 e. The number of carbonyl (C=O) groups is 2. The quantitative estimate of drug-likeness (QED) is 0.552. The summed E-state index contributed by atoms with van der Waals surface area (Å²) in [4.78, 5) is 31.0. The van der Waals surface area contributed by atoms with Crippen LogP contribution in [-0.2, 0) is 26.0 Å². The third kappa shape index (κ3) is 4.86. The predicted octanol–water partition coefficient (Wildman–Crippen LogP) is 2.66. The van der Waals surface area contributed by atoms with Crippen molar-refractivity contribution >= 4 is 27.6 Å². The van der Waals surface area contributed by atoms with Gasteiger partial charge in [0.1, 0.15) is 17.1 Å². The summed E-state index contributed by atoms with van der Waals surface area (Å²) in [5.74, 6) is -0.406. The Morgan fingerprint density at radius 3 is 2.67 bits per heavy atom. The highest BCUT2D eigenvalue weighted by Crippen LogP contribution is 2.34. The molecular formula is C23H21N3O6S. The molecule has 0 radical (unpaired) electrons. The molecule has 0 saturated heterocycles. The number of amides is 1. The van der Waals surface area contributed by atoms with Crippen LogP contribution in [0.3, 0.4) is 0 Å². The van der Waals surface area contributed by atoms with E-state index >= 15 is 0 Å². The Bertz CT molecular complexity index is 1310. The maximum absolute atomic E-state index is 12.9. The molecule has 2 aromatic carbocycles. The van der Waals surface area contributed by atoms with Gasteiger partial charge in [0.25, 0.3) is 5.91 Å². The zero-order valence-electron chi connectivity index (χ0n) is 17.7. The van der Waals surface area contributed by atoms with Crippen LogP contribution >= 0.6 is 0 Å². The SMILES string of the molecule is CC1Cc2cc(S(N)(=O)=O)ccc2N1C(=O)COC(=O)c1ccccc1Oc1cccnc1. The van der Waals surface area contributed by atoms with E-state index in [0.29, 0.717) is 23.4 Å². The number of carbonyl (C=O) groups excluding carboxylic acids is 2. The first-order valence-corrected chi connectivity index (χ1v) is 11.6. The van der Waals surface area contributed by atoms with Crippen LogP contribution in [0.15, 0.2) is 71.9 Å². The van der Waals surface area contributed by atoms with Gasteiger partial charge in [0.05, 0.1) is 11.1 Å². The molecule has 3 aromatic rings. The maximum atomic E-state index is 12.9. The number of fused-ring (bicyclic) bond motifs is 1. The third-order valence-electron chi connectivity index (χ3n) is 5.16. The molecule has 0 saturated carbocycles. The van der Waals surface area contributed by atoms with E-state index in [9.17, 15) is 18.0 Å². The van der Waals surface area contributed by atoms with Crippen molar-refractivity contribution in [1.29, 1.82) is 0 Å². The second-order valence-electron chi connectivity index (χ2n) is 7.52. The fraction of sp³-hybridized carbons (Fsp3) is 0.174. The van der Waals surface area contributed by atoms with Crippen LogP contribution in [-0.4, -0.2) is 37.9 Å². The molecule has 1 aromatic heterocycles. The van der Waals surface area contributed by atoms with E-state index in [0.717, 1.165) is 0 Å². The van der Waals surface area contributed by atoms with Crippen LogP contribution in [0, 0.1) is 0 Å². The number of para-hydroxylation sites is 1. The molecule has 0 aliphatic carbocycles. The van der Waals surface area contributed by atoms with Crippen LogP contribution in [0.25, 0.3) is 0 Å². The van der Waals surface area contributed by atoms with Gasteiger partial charge in [0.2, 0.25) is 10.0 Å². The van der Waals surface area contributed by atoms with Gasteiger partial charge in [-0.2, -0.15) is 0 Å². The van der Waals surface area contributed by atoms with Gasteiger partial charge in [-0.05, 0) is 61.4 Å². The molecule has 1 unspecified atom stereocenters. The first kappa shape index (κ1) is 22.4. The second-order valence-corrected chi connectivity index (χ2v) is 9.08. The number of nitrogens with zero attached hydrogens (tertiary/aromatic N) is 2. The molecule has 170 valence electrons. The molecule has 2 N–H and O–H groups in total. The first-order chi connectivity index (χ1) is 15.7. The molecule has 1 aliphatic rings. The Balaban J connectivity index is 1.47. The Labute approximate surface area is 190 Å². The van der Waals surface area contributed by atoms with E-state index in [1.807, 2.05) is 6.92 Å². The summed E-state index contributed by atoms with van der Waals surface area (Å²) < 4.78 is 34.2. The molecule has 9 nitrogen and oxygen atoms in total. The highest BCUT2D eigenvalue weighted by Gasteiger charge is 2.32. The summed E-state index contributed by atoms with van der Waals surface area (Å²) in [6, 6.07) is 14.1. The molecule has 0 fully saturated rings. The summed E-state index contributed by atoms with van der Waals surface area (Å²) in [6.07, 6.45) is 3.57. The van der Waals surface area contributed by atoms with Crippen LogP contribution in [0.1, 0.15) is 22.8 Å². The zero-order chi connectivity index (χ0) is 23.6. The molecule has 1 amide bonds. The average Bonchev–Trinajstić information content (AvgIpc) is 3.12. The van der Waals surface area contributed by atoms with Gasteiger partial charge in [0.15, 0.2) is 6.61 Å². The molecular weight excluding hydrogens is 446 g/mol. The number of anilines is 1. The van der Waals surface area contributed by atoms with Crippen molar-refractivity contribution in [2.24, 2.45) is 5.14 Å². The normalized spacial score (nSPS) is 15.1. The molecule has 10 heteroatoms. The summed E-state index contributed by atoms with van der Waals surface area (Å²) in [7, 11) is -3.85. The number of ether oxygens (including phenoxy) is 2. The van der Waals surface area contributed by atoms with Gasteiger partial charge in [0, 0.05) is 17.9 Å². The van der Waals surface area contributed by atoms with Crippen molar-refractivity contribution in [1.82, 2.24) is 4.98 Å². The maximum Gasteiger partial charge on any atom is 0.342 e. The van der Waals surface area contributed by atoms with Gasteiger partial charge in [-0.1, -0.05) is 12.1 Å². The van der Waals surface area contributed by atoms with Crippen LogP contribution < -0.4 is 14.8 Å². The van der Waals surface area contributed by atoms with Crippen molar-refractivity contribution in [2.45, 2.75) is 24.3 Å². The summed E-state index contributed by atoms with van der Waals surface area (Å²) in [6.45, 7) is 1.34. The number of esters is 1. The molecule has 33 heavy (non-hydrogen) atoms. The second kappa shape index (κ2) is 9.00. The van der Waals surface area contributed by atoms with Crippen molar-refractivity contribution in [3.8, 4) is 11.5 Å². The standard InChI is InChI=1S/C23H21N3O6S/c1-15-11-16-12-18(33(24,29)30)8-9-20(16)26(15)22(27)14-31-23(28)19-6-2-3-7-21(19)32-17-5-4-10-25-13-17/h2-10,12-13,15H,11,14H2,1H3,(H2,24,29,30). The number of benzene rings is 2. The summed E-state index contributed by atoms with van der Waals surface area (Å²) in [5, 5.41) is 5.20. The third-order valence-corrected chi connectivity index (χ3v) is 6.07. The van der Waals surface area contributed by atoms with Gasteiger partial charge < -0.3 is 14.4 Å². The minimum Gasteiger partial charge on any atom is -0.455 e. The van der Waals surface area contributed by atoms with E-state index in [4.69, 9.17) is 14.6 Å². The fourth-order valence-electron chi connectivity index (χ4n) is 3.70. The van der Waals surface area contributed by atoms with Crippen LogP contribution in [0.2, 0.25) is 0 Å². The lowest BCUT2D eigenvalue weighted by Crippen LogP contribution is -2.38. The van der Waals surface area contributed by atoms with Crippen molar-refractivity contribution in [2.75, 3.05) is 11.5 Å². The number of sulfonamides is 1. The molecule has 1 atom stereocenters. The molecule has 4 rings (SSSR count). The van der Waals surface area contributed by atoms with Gasteiger partial charge in [-0.15, -0.1) is 0 Å². The summed E-state index contributed by atoms with van der Waals surface area (Å²) in [5.41, 5.74) is 1.42. The molecule has 0 bridgehead atoms. The number of nitrogens with two attached hydrogens (primary N) is 1. The summed E-state index contributed by atoms with van der Waals surface area (Å²) >= 11 is 0. The number of primary sulfonamides is 1. The molecule has 0 spiro atoms. The number of aromatic nitrogens is 1. The highest BCUT2D eigenvalue weighted by atomic mass is 32.2. The highest BCUT2D eigenvalue weighted by molar-refractivity contribution is 7.89. The number of hydrogen-bond acceptors (Lipinski definition) is 7. The Hall–Kier alpha value is -3.76. The van der Waals surface area contributed by atoms with E-state index in [-0.39, 0.29) is 22.3 Å². The van der Waals surface area contributed by atoms with E-state index in [1.54, 1.807) is 42.6 Å². The number of pyridine rings is 1. The van der Waals surface area contributed by atoms with E-state index < -0.39 is 28.5 Å². The lowest BCUT2D eigenvalue weighted by Gasteiger charge is -2.22. The predicted molar refractivity (Wildman–Crippen MR) is 120 cm³/mol. The van der Waals surface area contributed by atoms with E-state index in [1.165, 1.54) is 29.3 Å². The fourth-order valence-corrected chi connectivity index (χ4v) is 4.26. The van der Waals surface area contributed by atoms with Gasteiger partial charge >= 0.3 is 5.97 Å². The van der Waals surface area contributed by atoms with Crippen molar-refractivity contribution in [3.63, 3.8) is 0 Å². The molecule has 2 heterocycles. The average molecular weight is 468 g/mol. The Morgan fingerprint density at radius 2 is 1.94 bits per heavy atom. The zero-order valence-corrected chi connectivity index (χ0v) is 18.5. The minimum atomic E-state index is -3.85. The Kier molecular flexibility index (Phi) is 6.12. The Morgan fingerprint density at radius 1 is 1.15 bits per heavy atom. The number of hydrogen-bond donors (Lipinski definition) is 1. The lowest BCUT2D eigenvalue weighted by atomic mass is 10.1. The van der Waals surface area contributed by atoms with Crippen LogP contribution in [0.5, 0.6) is 11.5 Å². The van der Waals surface area contributed by atoms with Gasteiger partial charge in [-0.25, -0.2) is 18.4 Å². The number of rotatable bonds is 6. The topological polar surface area (TPSA) is 129 Å². The minimum absolute atomic E-state index is 0.0144.